The molecule has 0 radical (unpaired) electrons. The molecule has 0 aliphatic heterocycles. The maximum absolute atomic E-state index is 10.7. The summed E-state index contributed by atoms with van der Waals surface area (Å²) in [6.45, 7) is 1.40. The van der Waals surface area contributed by atoms with Crippen molar-refractivity contribution in [2.24, 2.45) is 0 Å². The van der Waals surface area contributed by atoms with Crippen molar-refractivity contribution in [3.63, 3.8) is 0 Å². The molecule has 0 bridgehead atoms. The molecule has 0 amide bonds. The van der Waals surface area contributed by atoms with Crippen molar-refractivity contribution in [3.05, 3.63) is 52.0 Å². The van der Waals surface area contributed by atoms with Crippen molar-refractivity contribution >= 4 is 17.3 Å². The Morgan fingerprint density at radius 1 is 1.35 bits per heavy atom. The number of aromatic nitrogens is 1. The molecule has 0 aliphatic carbocycles. The van der Waals surface area contributed by atoms with Crippen LogP contribution < -0.4 is 5.32 Å². The van der Waals surface area contributed by atoms with E-state index in [4.69, 9.17) is 5.11 Å². The number of pyridine rings is 1. The number of nitrogens with zero attached hydrogens (tertiary/aromatic N) is 1. The number of rotatable bonds is 5. The maximum atomic E-state index is 10.7. The molecule has 2 rings (SSSR count). The molecule has 0 saturated heterocycles. The number of nitrogens with one attached hydrogen (secondary N) is 1. The molecule has 2 N–H and O–H groups in total. The van der Waals surface area contributed by atoms with Gasteiger partial charge in [-0.05, 0) is 23.8 Å². The Kier molecular flexibility index (Phi) is 3.85. The Balaban J connectivity index is 1.84. The SMILES string of the molecule is O=C(O)c1ccc(CNCc2cccnc2)s1. The number of carboxylic acid groups (broad SMARTS) is 1. The zero-order valence-corrected chi connectivity index (χ0v) is 9.91. The van der Waals surface area contributed by atoms with Gasteiger partial charge in [0.05, 0.1) is 0 Å². The van der Waals surface area contributed by atoms with E-state index in [9.17, 15) is 4.79 Å². The molecular formula is C12H12N2O2S. The van der Waals surface area contributed by atoms with Gasteiger partial charge >= 0.3 is 5.97 Å². The normalized spacial score (nSPS) is 10.4. The van der Waals surface area contributed by atoms with Gasteiger partial charge in [0.15, 0.2) is 0 Å². The van der Waals surface area contributed by atoms with E-state index in [1.165, 1.54) is 11.3 Å². The van der Waals surface area contributed by atoms with Gasteiger partial charge < -0.3 is 10.4 Å². The van der Waals surface area contributed by atoms with Gasteiger partial charge in [-0.25, -0.2) is 4.79 Å². The average molecular weight is 248 g/mol. The molecule has 0 aromatic carbocycles. The van der Waals surface area contributed by atoms with Crippen LogP contribution in [0.25, 0.3) is 0 Å². The third kappa shape index (κ3) is 3.37. The topological polar surface area (TPSA) is 62.2 Å². The second-order valence-electron chi connectivity index (χ2n) is 3.54. The molecular weight excluding hydrogens is 236 g/mol. The number of hydrogen-bond acceptors (Lipinski definition) is 4. The van der Waals surface area contributed by atoms with Crippen LogP contribution in [0.15, 0.2) is 36.7 Å². The minimum absolute atomic E-state index is 0.378. The molecule has 4 nitrogen and oxygen atoms in total. The van der Waals surface area contributed by atoms with E-state index in [0.29, 0.717) is 11.4 Å². The zero-order chi connectivity index (χ0) is 12.1. The van der Waals surface area contributed by atoms with Crippen LogP contribution in [-0.4, -0.2) is 16.1 Å². The molecule has 17 heavy (non-hydrogen) atoms. The fraction of sp³-hybridized carbons (Fsp3) is 0.167. The summed E-state index contributed by atoms with van der Waals surface area (Å²) < 4.78 is 0. The van der Waals surface area contributed by atoms with Crippen LogP contribution in [0.1, 0.15) is 20.1 Å². The van der Waals surface area contributed by atoms with Crippen LogP contribution in [0.2, 0.25) is 0 Å². The van der Waals surface area contributed by atoms with Crippen molar-refractivity contribution < 1.29 is 9.90 Å². The minimum atomic E-state index is -0.867. The van der Waals surface area contributed by atoms with E-state index in [-0.39, 0.29) is 0 Å². The number of carbonyl (C=O) groups is 1. The van der Waals surface area contributed by atoms with Gasteiger partial charge in [0.2, 0.25) is 0 Å². The average Bonchev–Trinajstić information content (AvgIpc) is 2.79. The minimum Gasteiger partial charge on any atom is -0.477 e. The van der Waals surface area contributed by atoms with Gasteiger partial charge in [-0.1, -0.05) is 6.07 Å². The first-order chi connectivity index (χ1) is 8.25. The number of hydrogen-bond donors (Lipinski definition) is 2. The quantitative estimate of drug-likeness (QED) is 0.851. The fourth-order valence-corrected chi connectivity index (χ4v) is 2.24. The predicted molar refractivity (Wildman–Crippen MR) is 66.1 cm³/mol. The van der Waals surface area contributed by atoms with Crippen LogP contribution in [0.5, 0.6) is 0 Å². The molecule has 2 aromatic heterocycles. The van der Waals surface area contributed by atoms with Crippen molar-refractivity contribution in [2.75, 3.05) is 0 Å². The number of thiophene rings is 1. The lowest BCUT2D eigenvalue weighted by molar-refractivity contribution is 0.0702. The van der Waals surface area contributed by atoms with Crippen molar-refractivity contribution in [3.8, 4) is 0 Å². The van der Waals surface area contributed by atoms with E-state index in [0.717, 1.165) is 17.0 Å². The lowest BCUT2D eigenvalue weighted by Crippen LogP contribution is -2.11. The zero-order valence-electron chi connectivity index (χ0n) is 9.09. The first-order valence-electron chi connectivity index (χ1n) is 5.17. The summed E-state index contributed by atoms with van der Waals surface area (Å²) in [6, 6.07) is 7.36. The first kappa shape index (κ1) is 11.8. The van der Waals surface area contributed by atoms with E-state index in [2.05, 4.69) is 10.3 Å². The molecule has 88 valence electrons. The highest BCUT2D eigenvalue weighted by atomic mass is 32.1. The summed E-state index contributed by atoms with van der Waals surface area (Å²) >= 11 is 1.30. The monoisotopic (exact) mass is 248 g/mol. The third-order valence-corrected chi connectivity index (χ3v) is 3.30. The summed E-state index contributed by atoms with van der Waals surface area (Å²) in [4.78, 5) is 16.1. The van der Waals surface area contributed by atoms with Crippen LogP contribution in [0.4, 0.5) is 0 Å². The highest BCUT2D eigenvalue weighted by Crippen LogP contribution is 2.16. The molecule has 0 unspecified atom stereocenters. The van der Waals surface area contributed by atoms with Gasteiger partial charge in [0.25, 0.3) is 0 Å². The van der Waals surface area contributed by atoms with Gasteiger partial charge in [-0.3, -0.25) is 4.98 Å². The Bertz CT molecular complexity index is 496. The number of carboxylic acids is 1. The Morgan fingerprint density at radius 2 is 2.24 bits per heavy atom. The van der Waals surface area contributed by atoms with Crippen molar-refractivity contribution in [1.29, 1.82) is 0 Å². The molecule has 0 aliphatic rings. The van der Waals surface area contributed by atoms with Crippen LogP contribution in [-0.2, 0) is 13.1 Å². The molecule has 0 saturated carbocycles. The van der Waals surface area contributed by atoms with Crippen molar-refractivity contribution in [2.45, 2.75) is 13.1 Å². The second kappa shape index (κ2) is 5.56. The smallest absolute Gasteiger partial charge is 0.345 e. The van der Waals surface area contributed by atoms with Crippen molar-refractivity contribution in [1.82, 2.24) is 10.3 Å². The molecule has 0 spiro atoms. The van der Waals surface area contributed by atoms with Crippen LogP contribution >= 0.6 is 11.3 Å². The molecule has 2 heterocycles. The Morgan fingerprint density at radius 3 is 2.88 bits per heavy atom. The predicted octanol–water partition coefficient (Wildman–Crippen LogP) is 2.13. The summed E-state index contributed by atoms with van der Waals surface area (Å²) in [6.07, 6.45) is 3.55. The van der Waals surface area contributed by atoms with E-state index >= 15 is 0 Å². The summed E-state index contributed by atoms with van der Waals surface area (Å²) in [5.74, 6) is -0.867. The first-order valence-corrected chi connectivity index (χ1v) is 5.99. The van der Waals surface area contributed by atoms with Crippen LogP contribution in [0, 0.1) is 0 Å². The standard InChI is InChI=1S/C12H12N2O2S/c15-12(16)11-4-3-10(17-11)8-14-7-9-2-1-5-13-6-9/h1-6,14H,7-8H2,(H,15,16). The van der Waals surface area contributed by atoms with E-state index in [1.807, 2.05) is 24.4 Å². The lowest BCUT2D eigenvalue weighted by Gasteiger charge is -2.02. The Labute approximate surface area is 103 Å². The fourth-order valence-electron chi connectivity index (χ4n) is 1.42. The van der Waals surface area contributed by atoms with Gasteiger partial charge in [0, 0.05) is 30.4 Å². The Hall–Kier alpha value is -1.72. The molecule has 5 heteroatoms. The largest absolute Gasteiger partial charge is 0.477 e. The van der Waals surface area contributed by atoms with Gasteiger partial charge in [0.1, 0.15) is 4.88 Å². The summed E-state index contributed by atoms with van der Waals surface area (Å²) in [5.41, 5.74) is 1.11. The highest BCUT2D eigenvalue weighted by molar-refractivity contribution is 7.13. The second-order valence-corrected chi connectivity index (χ2v) is 4.70. The third-order valence-electron chi connectivity index (χ3n) is 2.22. The maximum Gasteiger partial charge on any atom is 0.345 e. The van der Waals surface area contributed by atoms with E-state index in [1.54, 1.807) is 12.3 Å². The summed E-state index contributed by atoms with van der Waals surface area (Å²) in [7, 11) is 0. The van der Waals surface area contributed by atoms with Crippen LogP contribution in [0.3, 0.4) is 0 Å². The van der Waals surface area contributed by atoms with Gasteiger partial charge in [-0.2, -0.15) is 0 Å². The summed E-state index contributed by atoms with van der Waals surface area (Å²) in [5, 5.41) is 12.0. The van der Waals surface area contributed by atoms with E-state index < -0.39 is 5.97 Å². The number of aromatic carboxylic acids is 1. The van der Waals surface area contributed by atoms with Gasteiger partial charge in [-0.15, -0.1) is 11.3 Å². The highest BCUT2D eigenvalue weighted by Gasteiger charge is 2.06. The molecule has 0 atom stereocenters. The molecule has 2 aromatic rings. The lowest BCUT2D eigenvalue weighted by atomic mass is 10.3. The molecule has 0 fully saturated rings.